The van der Waals surface area contributed by atoms with Gasteiger partial charge < -0.3 is 13.6 Å². The lowest BCUT2D eigenvalue weighted by Crippen LogP contribution is -2.03. The largest absolute Gasteiger partial charge is 0.453 e. The summed E-state index contributed by atoms with van der Waals surface area (Å²) in [5.41, 5.74) is 10.6. The Morgan fingerprint density at radius 2 is 0.938 bits per heavy atom. The first kappa shape index (κ1) is 35.7. The van der Waals surface area contributed by atoms with E-state index in [1.165, 1.54) is 26.9 Å². The monoisotopic (exact) mass is 829 g/mol. The van der Waals surface area contributed by atoms with Crippen LogP contribution in [0.15, 0.2) is 217 Å². The summed E-state index contributed by atoms with van der Waals surface area (Å²) in [4.78, 5) is 16.2. The van der Waals surface area contributed by atoms with Crippen LogP contribution in [-0.2, 0) is 0 Å². The first-order chi connectivity index (χ1) is 32.2. The van der Waals surface area contributed by atoms with Crippen LogP contribution in [0.1, 0.15) is 0 Å². The second-order valence-electron chi connectivity index (χ2n) is 16.7. The third-order valence-corrected chi connectivity index (χ3v) is 13.1. The quantitative estimate of drug-likeness (QED) is 0.173. The Labute approximate surface area is 371 Å². The van der Waals surface area contributed by atoms with Crippen molar-refractivity contribution < 1.29 is 4.42 Å². The molecule has 0 radical (unpaired) electrons. The van der Waals surface area contributed by atoms with E-state index in [1.54, 1.807) is 0 Å². The van der Waals surface area contributed by atoms with Gasteiger partial charge >= 0.3 is 0 Å². The van der Waals surface area contributed by atoms with Gasteiger partial charge in [0.1, 0.15) is 5.58 Å². The first-order valence-corrected chi connectivity index (χ1v) is 21.9. The predicted octanol–water partition coefficient (Wildman–Crippen LogP) is 15.3. The van der Waals surface area contributed by atoms with Gasteiger partial charge in [0.25, 0.3) is 0 Å². The molecule has 0 bridgehead atoms. The van der Waals surface area contributed by atoms with Gasteiger partial charge in [-0.25, -0.2) is 15.0 Å². The Kier molecular flexibility index (Phi) is 7.59. The van der Waals surface area contributed by atoms with E-state index in [1.807, 2.05) is 18.2 Å². The molecule has 0 spiro atoms. The Balaban J connectivity index is 1.10. The van der Waals surface area contributed by atoms with Crippen molar-refractivity contribution >= 4 is 87.1 Å². The number of fused-ring (bicyclic) bond motifs is 12. The topological polar surface area (TPSA) is 61.7 Å². The molecular formula is C59H35N5O. The molecule has 10 aromatic carbocycles. The van der Waals surface area contributed by atoms with Gasteiger partial charge in [0.15, 0.2) is 23.1 Å². The Hall–Kier alpha value is -8.87. The lowest BCUT2D eigenvalue weighted by Gasteiger charge is -2.14. The summed E-state index contributed by atoms with van der Waals surface area (Å²) in [6, 6.07) is 74.8. The third kappa shape index (κ3) is 5.31. The SMILES string of the molecule is c1ccc(-c2nc(-c3ccc(-n4c5ccccc5c5cc6ccccc6cc54)c4oc5c6ccccc6ccc5c34)nc(-c3cccc4c5ccccc5n(-c5ccccc5)c34)n2)cc1. The van der Waals surface area contributed by atoms with Crippen LogP contribution in [0.4, 0.5) is 0 Å². The summed E-state index contributed by atoms with van der Waals surface area (Å²) in [6.45, 7) is 0. The van der Waals surface area contributed by atoms with Crippen molar-refractivity contribution in [3.63, 3.8) is 0 Å². The van der Waals surface area contributed by atoms with Crippen LogP contribution >= 0.6 is 0 Å². The van der Waals surface area contributed by atoms with Crippen molar-refractivity contribution in [1.82, 2.24) is 24.1 Å². The van der Waals surface area contributed by atoms with Crippen molar-refractivity contribution in [2.24, 2.45) is 0 Å². The second kappa shape index (κ2) is 13.8. The fourth-order valence-electron chi connectivity index (χ4n) is 10.2. The van der Waals surface area contributed by atoms with E-state index in [2.05, 4.69) is 203 Å². The number of aromatic nitrogens is 5. The van der Waals surface area contributed by atoms with Crippen LogP contribution in [0.3, 0.4) is 0 Å². The maximum absolute atomic E-state index is 7.26. The highest BCUT2D eigenvalue weighted by Gasteiger charge is 2.25. The molecule has 14 rings (SSSR count). The Bertz CT molecular complexity index is 4240. The third-order valence-electron chi connectivity index (χ3n) is 13.1. The van der Waals surface area contributed by atoms with Crippen molar-refractivity contribution in [3.8, 4) is 45.5 Å². The number of nitrogens with zero attached hydrogens (tertiary/aromatic N) is 5. The molecule has 6 nitrogen and oxygen atoms in total. The summed E-state index contributed by atoms with van der Waals surface area (Å²) in [5, 5.41) is 11.2. The van der Waals surface area contributed by atoms with Crippen LogP contribution in [0.2, 0.25) is 0 Å². The van der Waals surface area contributed by atoms with E-state index in [9.17, 15) is 0 Å². The average molecular weight is 830 g/mol. The lowest BCUT2D eigenvalue weighted by atomic mass is 10.0. The van der Waals surface area contributed by atoms with Crippen molar-refractivity contribution in [2.75, 3.05) is 0 Å². The molecule has 4 aromatic heterocycles. The number of furan rings is 1. The van der Waals surface area contributed by atoms with Gasteiger partial charge in [-0.3, -0.25) is 0 Å². The minimum absolute atomic E-state index is 0.564. The summed E-state index contributed by atoms with van der Waals surface area (Å²) in [6.07, 6.45) is 0. The molecule has 0 aliphatic carbocycles. The summed E-state index contributed by atoms with van der Waals surface area (Å²) in [7, 11) is 0. The van der Waals surface area contributed by atoms with E-state index in [0.29, 0.717) is 17.5 Å². The zero-order valence-corrected chi connectivity index (χ0v) is 34.9. The first-order valence-electron chi connectivity index (χ1n) is 21.9. The molecule has 4 heterocycles. The van der Waals surface area contributed by atoms with Crippen LogP contribution in [0.5, 0.6) is 0 Å². The molecule has 0 fully saturated rings. The van der Waals surface area contributed by atoms with Crippen LogP contribution in [-0.4, -0.2) is 24.1 Å². The van der Waals surface area contributed by atoms with Gasteiger partial charge in [0.05, 0.1) is 27.8 Å². The van der Waals surface area contributed by atoms with E-state index >= 15 is 0 Å². The van der Waals surface area contributed by atoms with Crippen LogP contribution in [0, 0.1) is 0 Å². The molecule has 0 N–H and O–H groups in total. The molecule has 0 unspecified atom stereocenters. The highest BCUT2D eigenvalue weighted by molar-refractivity contribution is 6.22. The standard InChI is InChI=1S/C59H35N5O/c1-3-17-37(18-4-1)57-60-58(62-59(61-57)47-27-15-26-44-42-24-11-13-28-49(42)63(54(44)47)40-21-5-2-6-22-40)46-32-33-51(56-53(46)45-31-30-36-16-9-10-23-41(36)55(45)65-56)64-50-29-14-12-25-43(50)48-34-38-19-7-8-20-39(38)35-52(48)64/h1-35H. The summed E-state index contributed by atoms with van der Waals surface area (Å²) in [5.74, 6) is 1.74. The highest BCUT2D eigenvalue weighted by Crippen LogP contribution is 2.45. The number of benzene rings is 10. The number of rotatable bonds is 5. The maximum atomic E-state index is 7.26. The second-order valence-corrected chi connectivity index (χ2v) is 16.7. The van der Waals surface area contributed by atoms with Crippen molar-refractivity contribution in [2.45, 2.75) is 0 Å². The highest BCUT2D eigenvalue weighted by atomic mass is 16.3. The fourth-order valence-corrected chi connectivity index (χ4v) is 10.2. The zero-order valence-electron chi connectivity index (χ0n) is 34.9. The fraction of sp³-hybridized carbons (Fsp3) is 0. The molecule has 302 valence electrons. The van der Waals surface area contributed by atoms with Gasteiger partial charge in [-0.15, -0.1) is 0 Å². The van der Waals surface area contributed by atoms with E-state index in [-0.39, 0.29) is 0 Å². The molecule has 0 saturated carbocycles. The van der Waals surface area contributed by atoms with Gasteiger partial charge in [-0.05, 0) is 76.8 Å². The van der Waals surface area contributed by atoms with Crippen LogP contribution in [0.25, 0.3) is 133 Å². The number of para-hydroxylation sites is 4. The molecule has 14 aromatic rings. The predicted molar refractivity (Wildman–Crippen MR) is 267 cm³/mol. The summed E-state index contributed by atoms with van der Waals surface area (Å²) >= 11 is 0. The molecule has 0 aliphatic rings. The lowest BCUT2D eigenvalue weighted by molar-refractivity contribution is 0.670. The van der Waals surface area contributed by atoms with E-state index < -0.39 is 0 Å². The molecule has 0 atom stereocenters. The minimum atomic E-state index is 0.564. The van der Waals surface area contributed by atoms with E-state index in [4.69, 9.17) is 19.4 Å². The normalized spacial score (nSPS) is 12.0. The van der Waals surface area contributed by atoms with E-state index in [0.717, 1.165) is 88.2 Å². The summed E-state index contributed by atoms with van der Waals surface area (Å²) < 4.78 is 12.0. The van der Waals surface area contributed by atoms with Gasteiger partial charge in [-0.1, -0.05) is 152 Å². The molecular weight excluding hydrogens is 795 g/mol. The van der Waals surface area contributed by atoms with Crippen molar-refractivity contribution in [1.29, 1.82) is 0 Å². The molecule has 0 saturated heterocycles. The van der Waals surface area contributed by atoms with Gasteiger partial charge in [-0.2, -0.15) is 0 Å². The maximum Gasteiger partial charge on any atom is 0.166 e. The van der Waals surface area contributed by atoms with Gasteiger partial charge in [0, 0.05) is 60.1 Å². The Morgan fingerprint density at radius 3 is 1.72 bits per heavy atom. The average Bonchev–Trinajstić information content (AvgIpc) is 4.04. The van der Waals surface area contributed by atoms with Crippen LogP contribution < -0.4 is 0 Å². The van der Waals surface area contributed by atoms with Gasteiger partial charge in [0.2, 0.25) is 0 Å². The smallest absolute Gasteiger partial charge is 0.166 e. The Morgan fingerprint density at radius 1 is 0.338 bits per heavy atom. The minimum Gasteiger partial charge on any atom is -0.453 e. The molecule has 0 aliphatic heterocycles. The molecule has 6 heteroatoms. The zero-order chi connectivity index (χ0) is 42.6. The molecule has 0 amide bonds. The number of hydrogen-bond donors (Lipinski definition) is 0. The molecule has 65 heavy (non-hydrogen) atoms. The van der Waals surface area contributed by atoms with Crippen molar-refractivity contribution in [3.05, 3.63) is 212 Å². The number of hydrogen-bond acceptors (Lipinski definition) is 4.